The van der Waals surface area contributed by atoms with E-state index in [1.54, 1.807) is 0 Å². The van der Waals surface area contributed by atoms with Crippen LogP contribution in [0, 0.1) is 0 Å². The van der Waals surface area contributed by atoms with Gasteiger partial charge in [-0.15, -0.1) is 0 Å². The normalized spacial score (nSPS) is 12.2. The summed E-state index contributed by atoms with van der Waals surface area (Å²) in [5, 5.41) is 9.28. The van der Waals surface area contributed by atoms with Crippen LogP contribution in [0.4, 0.5) is 0 Å². The number of para-hydroxylation sites is 5. The molecular weight excluding hydrogens is 637 g/mol. The van der Waals surface area contributed by atoms with Crippen molar-refractivity contribution in [3.63, 3.8) is 0 Å². The minimum Gasteiger partial charge on any atom is -0.455 e. The first-order valence-corrected chi connectivity index (χ1v) is 17.7. The summed E-state index contributed by atoms with van der Waals surface area (Å²) in [6.07, 6.45) is 0. The van der Waals surface area contributed by atoms with Gasteiger partial charge in [0.15, 0.2) is 0 Å². The van der Waals surface area contributed by atoms with Crippen molar-refractivity contribution >= 4 is 87.5 Å². The average molecular weight is 665 g/mol. The van der Waals surface area contributed by atoms with Gasteiger partial charge in [0.05, 0.1) is 27.5 Å². The van der Waals surface area contributed by atoms with Crippen LogP contribution in [0.25, 0.3) is 110 Å². The molecule has 242 valence electrons. The quantitative estimate of drug-likeness (QED) is 0.188. The lowest BCUT2D eigenvalue weighted by atomic mass is 10.0. The monoisotopic (exact) mass is 664 g/mol. The SMILES string of the molecule is c1ccc2c(c1)oc1c(-c3ccc(-n4c5ccc(-n6c7ccccc7c7ccccc76)cc5c5c6oc7ccccc7c6ccc54)cc3)cccc12. The lowest BCUT2D eigenvalue weighted by molar-refractivity contribution is 0.670. The second-order valence-electron chi connectivity index (χ2n) is 13.7. The van der Waals surface area contributed by atoms with E-state index < -0.39 is 0 Å². The van der Waals surface area contributed by atoms with Gasteiger partial charge < -0.3 is 18.0 Å². The molecule has 4 aromatic heterocycles. The highest BCUT2D eigenvalue weighted by atomic mass is 16.3. The molecule has 12 rings (SSSR count). The minimum atomic E-state index is 0.897. The van der Waals surface area contributed by atoms with Gasteiger partial charge in [-0.25, -0.2) is 0 Å². The van der Waals surface area contributed by atoms with Crippen molar-refractivity contribution in [2.75, 3.05) is 0 Å². The zero-order chi connectivity index (χ0) is 33.9. The standard InChI is InChI=1S/C48H28N2O2/c1-5-16-40-33(10-1)34-11-2-6-17-41(34)50(40)31-24-26-42-39(28-31)46-43(27-25-38-36-13-4-8-19-45(36)52-48(38)46)49(42)30-22-20-29(21-23-30)32-14-9-15-37-35-12-3-7-18-44(35)51-47(32)37/h1-28H. The number of furan rings is 2. The van der Waals surface area contributed by atoms with Crippen molar-refractivity contribution in [3.05, 3.63) is 170 Å². The highest BCUT2D eigenvalue weighted by Crippen LogP contribution is 2.43. The highest BCUT2D eigenvalue weighted by Gasteiger charge is 2.21. The van der Waals surface area contributed by atoms with Gasteiger partial charge in [0.1, 0.15) is 22.3 Å². The van der Waals surface area contributed by atoms with Gasteiger partial charge in [-0.3, -0.25) is 0 Å². The molecule has 0 aliphatic rings. The predicted molar refractivity (Wildman–Crippen MR) is 215 cm³/mol. The number of hydrogen-bond donors (Lipinski definition) is 0. The van der Waals surface area contributed by atoms with E-state index in [0.717, 1.165) is 88.2 Å². The van der Waals surface area contributed by atoms with Gasteiger partial charge in [0, 0.05) is 54.6 Å². The summed E-state index contributed by atoms with van der Waals surface area (Å²) in [7, 11) is 0. The Morgan fingerprint density at radius 1 is 0.327 bits per heavy atom. The maximum Gasteiger partial charge on any atom is 0.145 e. The zero-order valence-electron chi connectivity index (χ0n) is 27.9. The molecule has 0 bridgehead atoms. The Morgan fingerprint density at radius 3 is 1.56 bits per heavy atom. The fourth-order valence-corrected chi connectivity index (χ4v) is 8.66. The van der Waals surface area contributed by atoms with Gasteiger partial charge in [-0.2, -0.15) is 0 Å². The molecule has 0 fully saturated rings. The van der Waals surface area contributed by atoms with E-state index in [1.165, 1.54) is 21.8 Å². The largest absolute Gasteiger partial charge is 0.455 e. The smallest absolute Gasteiger partial charge is 0.145 e. The Morgan fingerprint density at radius 2 is 0.846 bits per heavy atom. The Bertz CT molecular complexity index is 3350. The molecule has 4 nitrogen and oxygen atoms in total. The number of rotatable bonds is 3. The van der Waals surface area contributed by atoms with Crippen molar-refractivity contribution in [1.29, 1.82) is 0 Å². The summed E-state index contributed by atoms with van der Waals surface area (Å²) in [6.45, 7) is 0. The lowest BCUT2D eigenvalue weighted by Crippen LogP contribution is -1.96. The average Bonchev–Trinajstić information content (AvgIpc) is 3.95. The van der Waals surface area contributed by atoms with Crippen molar-refractivity contribution in [2.24, 2.45) is 0 Å². The van der Waals surface area contributed by atoms with Gasteiger partial charge in [-0.05, 0) is 72.3 Å². The van der Waals surface area contributed by atoms with Crippen molar-refractivity contribution < 1.29 is 8.83 Å². The maximum atomic E-state index is 6.71. The van der Waals surface area contributed by atoms with Gasteiger partial charge in [0.25, 0.3) is 0 Å². The molecule has 0 N–H and O–H groups in total. The fourth-order valence-electron chi connectivity index (χ4n) is 8.66. The molecule has 8 aromatic carbocycles. The van der Waals surface area contributed by atoms with Crippen molar-refractivity contribution in [3.8, 4) is 22.5 Å². The van der Waals surface area contributed by atoms with Crippen LogP contribution >= 0.6 is 0 Å². The maximum absolute atomic E-state index is 6.71. The molecule has 0 amide bonds. The summed E-state index contributed by atoms with van der Waals surface area (Å²) in [4.78, 5) is 0. The van der Waals surface area contributed by atoms with Crippen LogP contribution in [0.3, 0.4) is 0 Å². The van der Waals surface area contributed by atoms with E-state index in [4.69, 9.17) is 8.83 Å². The zero-order valence-corrected chi connectivity index (χ0v) is 27.9. The molecule has 0 aliphatic heterocycles. The molecule has 0 spiro atoms. The van der Waals surface area contributed by atoms with E-state index in [0.29, 0.717) is 0 Å². The first kappa shape index (κ1) is 27.7. The third-order valence-electron chi connectivity index (χ3n) is 10.9. The Balaban J connectivity index is 1.11. The topological polar surface area (TPSA) is 36.1 Å². The van der Waals surface area contributed by atoms with E-state index in [2.05, 4.69) is 161 Å². The van der Waals surface area contributed by atoms with Crippen molar-refractivity contribution in [2.45, 2.75) is 0 Å². The summed E-state index contributed by atoms with van der Waals surface area (Å²) in [6, 6.07) is 60.5. The number of hydrogen-bond acceptors (Lipinski definition) is 2. The van der Waals surface area contributed by atoms with Crippen LogP contribution in [0.5, 0.6) is 0 Å². The molecule has 12 aromatic rings. The van der Waals surface area contributed by atoms with E-state index in [-0.39, 0.29) is 0 Å². The second-order valence-corrected chi connectivity index (χ2v) is 13.7. The third-order valence-corrected chi connectivity index (χ3v) is 10.9. The summed E-state index contributed by atoms with van der Waals surface area (Å²) >= 11 is 0. The first-order chi connectivity index (χ1) is 25.8. The summed E-state index contributed by atoms with van der Waals surface area (Å²) in [5.74, 6) is 0. The van der Waals surface area contributed by atoms with E-state index in [9.17, 15) is 0 Å². The second kappa shape index (κ2) is 10.3. The highest BCUT2D eigenvalue weighted by molar-refractivity contribution is 6.24. The summed E-state index contributed by atoms with van der Waals surface area (Å²) in [5.41, 5.74) is 12.6. The first-order valence-electron chi connectivity index (χ1n) is 17.7. The molecule has 0 aliphatic carbocycles. The van der Waals surface area contributed by atoms with Crippen LogP contribution in [-0.4, -0.2) is 9.13 Å². The Kier molecular flexibility index (Phi) is 5.47. The number of nitrogens with zero attached hydrogens (tertiary/aromatic N) is 2. The molecule has 0 saturated carbocycles. The number of benzene rings is 8. The molecule has 0 unspecified atom stereocenters. The van der Waals surface area contributed by atoms with E-state index >= 15 is 0 Å². The molecule has 0 saturated heterocycles. The molecule has 4 heteroatoms. The van der Waals surface area contributed by atoms with Crippen LogP contribution in [0.2, 0.25) is 0 Å². The Labute approximate surface area is 296 Å². The predicted octanol–water partition coefficient (Wildman–Crippen LogP) is 13.3. The number of aromatic nitrogens is 2. The van der Waals surface area contributed by atoms with Gasteiger partial charge in [0.2, 0.25) is 0 Å². The van der Waals surface area contributed by atoms with Crippen LogP contribution in [0.15, 0.2) is 179 Å². The molecule has 0 radical (unpaired) electrons. The molecule has 0 atom stereocenters. The van der Waals surface area contributed by atoms with Crippen molar-refractivity contribution in [1.82, 2.24) is 9.13 Å². The minimum absolute atomic E-state index is 0.897. The van der Waals surface area contributed by atoms with Crippen LogP contribution < -0.4 is 0 Å². The molecular formula is C48H28N2O2. The van der Waals surface area contributed by atoms with Gasteiger partial charge in [-0.1, -0.05) is 103 Å². The Hall–Kier alpha value is -7.04. The van der Waals surface area contributed by atoms with E-state index in [1.807, 2.05) is 18.2 Å². The molecule has 4 heterocycles. The third kappa shape index (κ3) is 3.70. The fraction of sp³-hybridized carbons (Fsp3) is 0. The van der Waals surface area contributed by atoms with Gasteiger partial charge >= 0.3 is 0 Å². The van der Waals surface area contributed by atoms with Crippen LogP contribution in [-0.2, 0) is 0 Å². The van der Waals surface area contributed by atoms with Crippen LogP contribution in [0.1, 0.15) is 0 Å². The summed E-state index contributed by atoms with van der Waals surface area (Å²) < 4.78 is 17.9. The lowest BCUT2D eigenvalue weighted by Gasteiger charge is -2.11. The number of fused-ring (bicyclic) bond motifs is 13. The molecule has 52 heavy (non-hydrogen) atoms.